The summed E-state index contributed by atoms with van der Waals surface area (Å²) in [5.41, 5.74) is 0. The van der Waals surface area contributed by atoms with Gasteiger partial charge in [0.05, 0.1) is 0 Å². The lowest BCUT2D eigenvalue weighted by atomic mass is 10.3. The predicted octanol–water partition coefficient (Wildman–Crippen LogP) is 4.91. The number of aromatic hydroxyl groups is 2. The largest absolute Gasteiger partial charge is 0.507 e. The summed E-state index contributed by atoms with van der Waals surface area (Å²) in [4.78, 5) is 0. The SMILES string of the molecule is C.COCOc1cccc(OCOC)c1Br.Oc1cccc(O)c1Br. The van der Waals surface area contributed by atoms with Crippen molar-refractivity contribution >= 4 is 31.9 Å². The normalized spacial score (nSPS) is 9.44. The topological polar surface area (TPSA) is 77.4 Å². The monoisotopic (exact) mass is 480 g/mol. The molecule has 0 fully saturated rings. The molecule has 0 aliphatic heterocycles. The van der Waals surface area contributed by atoms with Crippen molar-refractivity contribution in [3.05, 3.63) is 45.3 Å². The Morgan fingerprint density at radius 1 is 0.760 bits per heavy atom. The van der Waals surface area contributed by atoms with Crippen LogP contribution in [-0.4, -0.2) is 38.0 Å². The summed E-state index contributed by atoms with van der Waals surface area (Å²) in [7, 11) is 3.14. The van der Waals surface area contributed by atoms with Gasteiger partial charge in [-0.1, -0.05) is 19.6 Å². The molecule has 0 saturated carbocycles. The van der Waals surface area contributed by atoms with Crippen LogP contribution >= 0.6 is 31.9 Å². The molecule has 0 spiro atoms. The molecule has 2 aromatic rings. The van der Waals surface area contributed by atoms with Crippen LogP contribution in [0, 0.1) is 0 Å². The van der Waals surface area contributed by atoms with Crippen molar-refractivity contribution in [2.45, 2.75) is 7.43 Å². The van der Waals surface area contributed by atoms with Gasteiger partial charge in [-0.3, -0.25) is 0 Å². The van der Waals surface area contributed by atoms with Crippen LogP contribution in [0.25, 0.3) is 0 Å². The molecule has 8 heteroatoms. The molecule has 0 aromatic heterocycles. The summed E-state index contributed by atoms with van der Waals surface area (Å²) in [5, 5.41) is 17.8. The van der Waals surface area contributed by atoms with Crippen LogP contribution in [0.15, 0.2) is 45.3 Å². The van der Waals surface area contributed by atoms with Crippen molar-refractivity contribution in [3.63, 3.8) is 0 Å². The van der Waals surface area contributed by atoms with Crippen molar-refractivity contribution in [2.24, 2.45) is 0 Å². The van der Waals surface area contributed by atoms with E-state index in [1.807, 2.05) is 18.2 Å². The number of ether oxygens (including phenoxy) is 4. The fraction of sp³-hybridized carbons (Fsp3) is 0.294. The number of rotatable bonds is 6. The van der Waals surface area contributed by atoms with Gasteiger partial charge in [0.1, 0.15) is 31.9 Å². The van der Waals surface area contributed by atoms with Crippen LogP contribution in [0.1, 0.15) is 7.43 Å². The molecule has 0 bridgehead atoms. The molecular formula is C17H22Br2O6. The molecule has 2 rings (SSSR count). The zero-order valence-electron chi connectivity index (χ0n) is 13.2. The van der Waals surface area contributed by atoms with Gasteiger partial charge in [-0.05, 0) is 56.1 Å². The van der Waals surface area contributed by atoms with Crippen molar-refractivity contribution < 1.29 is 29.2 Å². The number of phenols is 2. The van der Waals surface area contributed by atoms with Crippen LogP contribution in [0.3, 0.4) is 0 Å². The highest BCUT2D eigenvalue weighted by atomic mass is 79.9. The van der Waals surface area contributed by atoms with Crippen LogP contribution in [0.2, 0.25) is 0 Å². The Labute approximate surface area is 164 Å². The minimum Gasteiger partial charge on any atom is -0.507 e. The van der Waals surface area contributed by atoms with Gasteiger partial charge in [0, 0.05) is 14.2 Å². The highest BCUT2D eigenvalue weighted by Gasteiger charge is 2.07. The second kappa shape index (κ2) is 12.8. The Kier molecular flexibility index (Phi) is 12.1. The minimum absolute atomic E-state index is 0. The quantitative estimate of drug-likeness (QED) is 0.570. The molecule has 0 heterocycles. The molecule has 2 N–H and O–H groups in total. The van der Waals surface area contributed by atoms with Crippen molar-refractivity contribution in [1.82, 2.24) is 0 Å². The van der Waals surface area contributed by atoms with Crippen molar-refractivity contribution in [2.75, 3.05) is 27.8 Å². The van der Waals surface area contributed by atoms with E-state index in [0.717, 1.165) is 4.47 Å². The first-order valence-electron chi connectivity index (χ1n) is 6.69. The standard InChI is InChI=1S/C10H13BrO4.C6H5BrO2.CH4/c1-12-6-14-8-4-3-5-9(10(8)11)15-7-13-2;7-6-4(8)2-1-3-5(6)9;/h3-5H,6-7H2,1-2H3;1-3,8-9H;1H4. The Balaban J connectivity index is 0.000000495. The average molecular weight is 482 g/mol. The van der Waals surface area contributed by atoms with Gasteiger partial charge in [-0.2, -0.15) is 0 Å². The van der Waals surface area contributed by atoms with Crippen molar-refractivity contribution in [1.29, 1.82) is 0 Å². The van der Waals surface area contributed by atoms with E-state index in [1.165, 1.54) is 12.1 Å². The van der Waals surface area contributed by atoms with E-state index in [1.54, 1.807) is 20.3 Å². The second-order valence-corrected chi connectivity index (χ2v) is 5.87. The molecule has 0 unspecified atom stereocenters. The fourth-order valence-electron chi connectivity index (χ4n) is 1.47. The first kappa shape index (κ1) is 23.5. The van der Waals surface area contributed by atoms with Crippen LogP contribution in [0.4, 0.5) is 0 Å². The van der Waals surface area contributed by atoms with Gasteiger partial charge in [0.25, 0.3) is 0 Å². The number of phenolic OH excluding ortho intramolecular Hbond substituents is 2. The summed E-state index contributed by atoms with van der Waals surface area (Å²) in [5.74, 6) is 1.45. The lowest BCUT2D eigenvalue weighted by Crippen LogP contribution is -2.02. The minimum atomic E-state index is 0. The van der Waals surface area contributed by atoms with Gasteiger partial charge in [0.2, 0.25) is 0 Å². The fourth-order valence-corrected chi connectivity index (χ4v) is 2.22. The molecule has 140 valence electrons. The molecule has 0 atom stereocenters. The summed E-state index contributed by atoms with van der Waals surface area (Å²) in [6, 6.07) is 10.0. The Morgan fingerprint density at radius 2 is 1.16 bits per heavy atom. The Bertz CT molecular complexity index is 590. The summed E-state index contributed by atoms with van der Waals surface area (Å²) in [6.07, 6.45) is 0. The van der Waals surface area contributed by atoms with Gasteiger partial charge < -0.3 is 29.2 Å². The third-order valence-electron chi connectivity index (χ3n) is 2.55. The van der Waals surface area contributed by atoms with E-state index in [2.05, 4.69) is 31.9 Å². The second-order valence-electron chi connectivity index (χ2n) is 4.28. The lowest BCUT2D eigenvalue weighted by Gasteiger charge is -2.11. The smallest absolute Gasteiger partial charge is 0.188 e. The number of halogens is 2. The number of benzene rings is 2. The van der Waals surface area contributed by atoms with E-state index in [9.17, 15) is 0 Å². The zero-order valence-corrected chi connectivity index (χ0v) is 16.3. The molecule has 0 saturated heterocycles. The van der Waals surface area contributed by atoms with Crippen molar-refractivity contribution in [3.8, 4) is 23.0 Å². The average Bonchev–Trinajstić information content (AvgIpc) is 2.58. The van der Waals surface area contributed by atoms with E-state index in [0.29, 0.717) is 16.0 Å². The predicted molar refractivity (Wildman–Crippen MR) is 103 cm³/mol. The first-order valence-corrected chi connectivity index (χ1v) is 8.28. The molecule has 0 amide bonds. The third-order valence-corrected chi connectivity index (χ3v) is 4.14. The Morgan fingerprint density at radius 3 is 1.52 bits per heavy atom. The van der Waals surface area contributed by atoms with Crippen LogP contribution in [0.5, 0.6) is 23.0 Å². The van der Waals surface area contributed by atoms with Crippen LogP contribution in [-0.2, 0) is 9.47 Å². The maximum atomic E-state index is 8.89. The molecule has 25 heavy (non-hydrogen) atoms. The lowest BCUT2D eigenvalue weighted by molar-refractivity contribution is 0.0450. The summed E-state index contributed by atoms with van der Waals surface area (Å²) in [6.45, 7) is 0.401. The van der Waals surface area contributed by atoms with Gasteiger partial charge in [-0.15, -0.1) is 0 Å². The highest BCUT2D eigenvalue weighted by molar-refractivity contribution is 9.11. The summed E-state index contributed by atoms with van der Waals surface area (Å²) < 4.78 is 21.3. The molecule has 0 radical (unpaired) electrons. The van der Waals surface area contributed by atoms with Gasteiger partial charge in [0.15, 0.2) is 13.6 Å². The van der Waals surface area contributed by atoms with Gasteiger partial charge in [-0.25, -0.2) is 0 Å². The summed E-state index contributed by atoms with van der Waals surface area (Å²) >= 11 is 6.36. The molecular weight excluding hydrogens is 460 g/mol. The zero-order chi connectivity index (χ0) is 17.9. The maximum absolute atomic E-state index is 8.89. The number of hydrogen-bond acceptors (Lipinski definition) is 6. The maximum Gasteiger partial charge on any atom is 0.188 e. The molecule has 2 aromatic carbocycles. The molecule has 0 aliphatic carbocycles. The van der Waals surface area contributed by atoms with Crippen LogP contribution < -0.4 is 9.47 Å². The number of methoxy groups -OCH3 is 2. The van der Waals surface area contributed by atoms with E-state index in [-0.39, 0.29) is 32.5 Å². The molecule has 6 nitrogen and oxygen atoms in total. The number of hydrogen-bond donors (Lipinski definition) is 2. The van der Waals surface area contributed by atoms with E-state index in [4.69, 9.17) is 29.2 Å². The van der Waals surface area contributed by atoms with Gasteiger partial charge >= 0.3 is 0 Å². The molecule has 0 aliphatic rings. The van der Waals surface area contributed by atoms with E-state index < -0.39 is 0 Å². The van der Waals surface area contributed by atoms with E-state index >= 15 is 0 Å². The highest BCUT2D eigenvalue weighted by Crippen LogP contribution is 2.34. The Hall–Kier alpha value is -1.48. The first-order chi connectivity index (χ1) is 11.5. The third kappa shape index (κ3) is 7.96.